The minimum Gasteiger partial charge on any atom is -0.391 e. The summed E-state index contributed by atoms with van der Waals surface area (Å²) >= 11 is 0. The van der Waals surface area contributed by atoms with Gasteiger partial charge in [-0.05, 0) is 46.2 Å². The van der Waals surface area contributed by atoms with E-state index in [9.17, 15) is 5.11 Å². The van der Waals surface area contributed by atoms with Gasteiger partial charge in [0.1, 0.15) is 0 Å². The molecule has 0 aromatic rings. The van der Waals surface area contributed by atoms with Crippen molar-refractivity contribution in [1.82, 2.24) is 10.2 Å². The van der Waals surface area contributed by atoms with Gasteiger partial charge < -0.3 is 10.4 Å². The number of aliphatic hydroxyl groups excluding tert-OH is 1. The molecule has 2 heterocycles. The highest BCUT2D eigenvalue weighted by Crippen LogP contribution is 2.32. The fraction of sp³-hybridized carbons (Fsp3) is 1.00. The zero-order valence-electron chi connectivity index (χ0n) is 9.29. The minimum absolute atomic E-state index is 0.0119. The quantitative estimate of drug-likeness (QED) is 0.647. The molecule has 82 valence electrons. The van der Waals surface area contributed by atoms with E-state index in [-0.39, 0.29) is 11.6 Å². The van der Waals surface area contributed by atoms with Gasteiger partial charge in [0.25, 0.3) is 0 Å². The van der Waals surface area contributed by atoms with Crippen molar-refractivity contribution in [3.8, 4) is 0 Å². The first-order valence-corrected chi connectivity index (χ1v) is 5.78. The smallest absolute Gasteiger partial charge is 0.0730 e. The molecule has 0 saturated carbocycles. The van der Waals surface area contributed by atoms with Gasteiger partial charge in [0, 0.05) is 18.1 Å². The normalized spacial score (nSPS) is 34.9. The van der Waals surface area contributed by atoms with E-state index in [1.54, 1.807) is 0 Å². The molecule has 0 amide bonds. The van der Waals surface area contributed by atoms with E-state index < -0.39 is 0 Å². The number of likely N-dealkylation sites (tertiary alicyclic amines) is 1. The van der Waals surface area contributed by atoms with Crippen LogP contribution in [0.1, 0.15) is 33.1 Å². The summed E-state index contributed by atoms with van der Waals surface area (Å²) < 4.78 is 0. The van der Waals surface area contributed by atoms with E-state index in [0.29, 0.717) is 6.04 Å². The van der Waals surface area contributed by atoms with Crippen LogP contribution in [0.2, 0.25) is 0 Å². The lowest BCUT2D eigenvalue weighted by molar-refractivity contribution is 0.0220. The van der Waals surface area contributed by atoms with Crippen molar-refractivity contribution >= 4 is 0 Å². The van der Waals surface area contributed by atoms with Crippen molar-refractivity contribution in [2.75, 3.05) is 19.6 Å². The molecule has 0 spiro atoms. The summed E-state index contributed by atoms with van der Waals surface area (Å²) in [6.07, 6.45) is 3.26. The SMILES string of the molecule is CC1(C)C(O)CCN1C1CCNCC1. The Morgan fingerprint density at radius 1 is 1.21 bits per heavy atom. The Bertz CT molecular complexity index is 199. The lowest BCUT2D eigenvalue weighted by Gasteiger charge is -2.41. The van der Waals surface area contributed by atoms with Crippen LogP contribution < -0.4 is 5.32 Å². The molecule has 0 aliphatic carbocycles. The summed E-state index contributed by atoms with van der Waals surface area (Å²) in [5.41, 5.74) is -0.0119. The zero-order valence-corrected chi connectivity index (χ0v) is 9.29. The van der Waals surface area contributed by atoms with Crippen LogP contribution in [0.4, 0.5) is 0 Å². The molecule has 0 radical (unpaired) electrons. The average Bonchev–Trinajstić information content (AvgIpc) is 2.44. The largest absolute Gasteiger partial charge is 0.391 e. The Kier molecular flexibility index (Phi) is 2.82. The maximum absolute atomic E-state index is 9.90. The molecule has 3 heteroatoms. The maximum atomic E-state index is 9.90. The topological polar surface area (TPSA) is 35.5 Å². The van der Waals surface area contributed by atoms with Gasteiger partial charge in [-0.2, -0.15) is 0 Å². The van der Waals surface area contributed by atoms with Gasteiger partial charge >= 0.3 is 0 Å². The number of nitrogens with one attached hydrogen (secondary N) is 1. The van der Waals surface area contributed by atoms with Crippen LogP contribution in [0.25, 0.3) is 0 Å². The molecular formula is C11H22N2O. The molecule has 0 aromatic carbocycles. The Hall–Kier alpha value is -0.120. The molecule has 2 saturated heterocycles. The summed E-state index contributed by atoms with van der Waals surface area (Å²) in [6.45, 7) is 7.68. The summed E-state index contributed by atoms with van der Waals surface area (Å²) in [5.74, 6) is 0. The van der Waals surface area contributed by atoms with Gasteiger partial charge in [0.2, 0.25) is 0 Å². The van der Waals surface area contributed by atoms with E-state index in [1.165, 1.54) is 12.8 Å². The van der Waals surface area contributed by atoms with Crippen LogP contribution >= 0.6 is 0 Å². The van der Waals surface area contributed by atoms with Crippen LogP contribution in [-0.2, 0) is 0 Å². The standard InChI is InChI=1S/C11H22N2O/c1-11(2)10(14)5-8-13(11)9-3-6-12-7-4-9/h9-10,12,14H,3-8H2,1-2H3. The highest BCUT2D eigenvalue weighted by atomic mass is 16.3. The van der Waals surface area contributed by atoms with Crippen LogP contribution in [-0.4, -0.2) is 47.3 Å². The molecule has 2 rings (SSSR count). The van der Waals surface area contributed by atoms with Crippen molar-refractivity contribution < 1.29 is 5.11 Å². The van der Waals surface area contributed by atoms with Gasteiger partial charge in [-0.15, -0.1) is 0 Å². The molecule has 3 nitrogen and oxygen atoms in total. The molecule has 1 atom stereocenters. The van der Waals surface area contributed by atoms with Crippen LogP contribution in [0.5, 0.6) is 0 Å². The minimum atomic E-state index is -0.141. The van der Waals surface area contributed by atoms with E-state index in [2.05, 4.69) is 24.1 Å². The molecule has 2 aliphatic rings. The van der Waals surface area contributed by atoms with E-state index >= 15 is 0 Å². The van der Waals surface area contributed by atoms with Crippen LogP contribution in [0.15, 0.2) is 0 Å². The molecule has 0 bridgehead atoms. The van der Waals surface area contributed by atoms with Gasteiger partial charge in [0.05, 0.1) is 6.10 Å². The highest BCUT2D eigenvalue weighted by Gasteiger charge is 2.43. The number of hydrogen-bond acceptors (Lipinski definition) is 3. The van der Waals surface area contributed by atoms with Crippen molar-refractivity contribution in [2.45, 2.75) is 50.8 Å². The summed E-state index contributed by atoms with van der Waals surface area (Å²) in [6, 6.07) is 0.684. The van der Waals surface area contributed by atoms with E-state index in [1.807, 2.05) is 0 Å². The number of aliphatic hydroxyl groups is 1. The Morgan fingerprint density at radius 3 is 2.36 bits per heavy atom. The fourth-order valence-electron chi connectivity index (χ4n) is 2.87. The predicted molar refractivity (Wildman–Crippen MR) is 57.3 cm³/mol. The second-order valence-electron chi connectivity index (χ2n) is 5.13. The van der Waals surface area contributed by atoms with Crippen LogP contribution in [0.3, 0.4) is 0 Å². The molecular weight excluding hydrogens is 176 g/mol. The van der Waals surface area contributed by atoms with Crippen molar-refractivity contribution in [1.29, 1.82) is 0 Å². The summed E-state index contributed by atoms with van der Waals surface area (Å²) in [4.78, 5) is 2.51. The number of hydrogen-bond donors (Lipinski definition) is 2. The second-order valence-corrected chi connectivity index (χ2v) is 5.13. The summed E-state index contributed by atoms with van der Waals surface area (Å²) in [5, 5.41) is 13.3. The van der Waals surface area contributed by atoms with Gasteiger partial charge in [-0.25, -0.2) is 0 Å². The third kappa shape index (κ3) is 1.69. The monoisotopic (exact) mass is 198 g/mol. The van der Waals surface area contributed by atoms with Gasteiger partial charge in [-0.1, -0.05) is 0 Å². The first-order valence-electron chi connectivity index (χ1n) is 5.78. The van der Waals surface area contributed by atoms with Crippen molar-refractivity contribution in [2.24, 2.45) is 0 Å². The molecule has 1 unspecified atom stereocenters. The first kappa shape index (κ1) is 10.4. The summed E-state index contributed by atoms with van der Waals surface area (Å²) in [7, 11) is 0. The Morgan fingerprint density at radius 2 is 1.86 bits per heavy atom. The molecule has 0 aromatic heterocycles. The van der Waals surface area contributed by atoms with Crippen molar-refractivity contribution in [3.05, 3.63) is 0 Å². The van der Waals surface area contributed by atoms with Crippen LogP contribution in [0, 0.1) is 0 Å². The fourth-order valence-corrected chi connectivity index (χ4v) is 2.87. The predicted octanol–water partition coefficient (Wildman–Crippen LogP) is 0.584. The lowest BCUT2D eigenvalue weighted by Crippen LogP contribution is -2.52. The number of rotatable bonds is 1. The number of nitrogens with zero attached hydrogens (tertiary/aromatic N) is 1. The maximum Gasteiger partial charge on any atom is 0.0730 e. The molecule has 2 N–H and O–H groups in total. The third-order valence-electron chi connectivity index (χ3n) is 3.95. The second kappa shape index (κ2) is 3.80. The first-order chi connectivity index (χ1) is 6.62. The molecule has 14 heavy (non-hydrogen) atoms. The average molecular weight is 198 g/mol. The van der Waals surface area contributed by atoms with Gasteiger partial charge in [0.15, 0.2) is 0 Å². The Balaban J connectivity index is 2.03. The molecule has 2 fully saturated rings. The van der Waals surface area contributed by atoms with Gasteiger partial charge in [-0.3, -0.25) is 4.90 Å². The lowest BCUT2D eigenvalue weighted by atomic mass is 9.95. The molecule has 2 aliphatic heterocycles. The zero-order chi connectivity index (χ0) is 10.2. The Labute approximate surface area is 86.5 Å². The van der Waals surface area contributed by atoms with E-state index in [4.69, 9.17) is 0 Å². The van der Waals surface area contributed by atoms with E-state index in [0.717, 1.165) is 26.1 Å². The number of piperidine rings is 1. The van der Waals surface area contributed by atoms with Crippen molar-refractivity contribution in [3.63, 3.8) is 0 Å². The third-order valence-corrected chi connectivity index (χ3v) is 3.95. The highest BCUT2D eigenvalue weighted by molar-refractivity contribution is 4.99.